The van der Waals surface area contributed by atoms with Gasteiger partial charge in [0.25, 0.3) is 0 Å². The fourth-order valence-electron chi connectivity index (χ4n) is 2.05. The number of nitrogens with zero attached hydrogens (tertiary/aromatic N) is 1. The first-order chi connectivity index (χ1) is 7.68. The number of nitrogens with one attached hydrogen (secondary N) is 1. The van der Waals surface area contributed by atoms with Crippen molar-refractivity contribution < 1.29 is 4.79 Å². The number of primary amides is 1. The van der Waals surface area contributed by atoms with Crippen molar-refractivity contribution in [3.05, 3.63) is 29.8 Å². The molecule has 1 aromatic rings. The van der Waals surface area contributed by atoms with Crippen LogP contribution < -0.4 is 16.0 Å². The van der Waals surface area contributed by atoms with Crippen molar-refractivity contribution in [1.29, 1.82) is 0 Å². The standard InChI is InChI=1S/C12H17N3O/c1-15(12(13)16)11-4-2-3-9(7-11)10-5-6-14-8-10/h2-4,7,10,14H,5-6,8H2,1H3,(H2,13,16). The second-order valence-electron chi connectivity index (χ2n) is 4.18. The molecule has 16 heavy (non-hydrogen) atoms. The fraction of sp³-hybridized carbons (Fsp3) is 0.417. The van der Waals surface area contributed by atoms with Crippen molar-refractivity contribution in [2.75, 3.05) is 25.0 Å². The van der Waals surface area contributed by atoms with Crippen molar-refractivity contribution in [2.45, 2.75) is 12.3 Å². The predicted molar refractivity (Wildman–Crippen MR) is 64.7 cm³/mol. The van der Waals surface area contributed by atoms with Crippen LogP contribution in [0.4, 0.5) is 10.5 Å². The van der Waals surface area contributed by atoms with Crippen LogP contribution in [0.2, 0.25) is 0 Å². The molecule has 2 rings (SSSR count). The molecular weight excluding hydrogens is 202 g/mol. The number of nitrogens with two attached hydrogens (primary N) is 1. The molecule has 1 aromatic carbocycles. The van der Waals surface area contributed by atoms with Crippen molar-refractivity contribution in [3.63, 3.8) is 0 Å². The largest absolute Gasteiger partial charge is 0.351 e. The van der Waals surface area contributed by atoms with Gasteiger partial charge in [-0.3, -0.25) is 4.90 Å². The van der Waals surface area contributed by atoms with E-state index in [1.54, 1.807) is 7.05 Å². The lowest BCUT2D eigenvalue weighted by Gasteiger charge is -2.17. The van der Waals surface area contributed by atoms with Crippen molar-refractivity contribution >= 4 is 11.7 Å². The highest BCUT2D eigenvalue weighted by molar-refractivity contribution is 5.90. The Labute approximate surface area is 95.4 Å². The fourth-order valence-corrected chi connectivity index (χ4v) is 2.05. The molecule has 4 heteroatoms. The van der Waals surface area contributed by atoms with Gasteiger partial charge in [-0.2, -0.15) is 0 Å². The first-order valence-corrected chi connectivity index (χ1v) is 5.52. The summed E-state index contributed by atoms with van der Waals surface area (Å²) in [5.41, 5.74) is 7.38. The van der Waals surface area contributed by atoms with E-state index in [2.05, 4.69) is 11.4 Å². The minimum Gasteiger partial charge on any atom is -0.351 e. The van der Waals surface area contributed by atoms with Gasteiger partial charge in [0.15, 0.2) is 0 Å². The topological polar surface area (TPSA) is 58.4 Å². The lowest BCUT2D eigenvalue weighted by atomic mass is 9.98. The van der Waals surface area contributed by atoms with E-state index >= 15 is 0 Å². The van der Waals surface area contributed by atoms with E-state index < -0.39 is 6.03 Å². The highest BCUT2D eigenvalue weighted by Crippen LogP contribution is 2.25. The van der Waals surface area contributed by atoms with E-state index in [1.165, 1.54) is 10.5 Å². The van der Waals surface area contributed by atoms with E-state index in [1.807, 2.05) is 18.2 Å². The van der Waals surface area contributed by atoms with Gasteiger partial charge in [-0.05, 0) is 36.6 Å². The number of amides is 2. The molecule has 1 fully saturated rings. The molecule has 1 aliphatic heterocycles. The zero-order valence-electron chi connectivity index (χ0n) is 9.44. The van der Waals surface area contributed by atoms with Crippen LogP contribution in [0.3, 0.4) is 0 Å². The van der Waals surface area contributed by atoms with Gasteiger partial charge in [0.05, 0.1) is 0 Å². The molecule has 1 unspecified atom stereocenters. The zero-order valence-corrected chi connectivity index (χ0v) is 9.44. The van der Waals surface area contributed by atoms with Crippen LogP contribution in [-0.2, 0) is 0 Å². The number of carbonyl (C=O) groups excluding carboxylic acids is 1. The third kappa shape index (κ3) is 2.17. The quantitative estimate of drug-likeness (QED) is 0.787. The Kier molecular flexibility index (Phi) is 3.10. The summed E-state index contributed by atoms with van der Waals surface area (Å²) < 4.78 is 0. The van der Waals surface area contributed by atoms with Crippen LogP contribution >= 0.6 is 0 Å². The number of anilines is 1. The summed E-state index contributed by atoms with van der Waals surface area (Å²) in [6.45, 7) is 2.09. The van der Waals surface area contributed by atoms with E-state index in [4.69, 9.17) is 5.73 Å². The molecule has 0 spiro atoms. The molecule has 3 N–H and O–H groups in total. The summed E-state index contributed by atoms with van der Waals surface area (Å²) in [5, 5.41) is 3.34. The molecule has 0 aromatic heterocycles. The maximum absolute atomic E-state index is 11.1. The van der Waals surface area contributed by atoms with E-state index in [0.717, 1.165) is 25.2 Å². The molecule has 0 bridgehead atoms. The van der Waals surface area contributed by atoms with E-state index in [-0.39, 0.29) is 0 Å². The third-order valence-corrected chi connectivity index (χ3v) is 3.12. The van der Waals surface area contributed by atoms with Gasteiger partial charge in [0.1, 0.15) is 0 Å². The molecule has 0 radical (unpaired) electrons. The van der Waals surface area contributed by atoms with Crippen LogP contribution in [-0.4, -0.2) is 26.2 Å². The van der Waals surface area contributed by atoms with Crippen molar-refractivity contribution in [2.24, 2.45) is 5.73 Å². The Morgan fingerprint density at radius 2 is 2.38 bits per heavy atom. The first kappa shape index (κ1) is 11.0. The van der Waals surface area contributed by atoms with E-state index in [9.17, 15) is 4.79 Å². The molecule has 0 aliphatic carbocycles. The molecular formula is C12H17N3O. The molecule has 1 atom stereocenters. The Morgan fingerprint density at radius 3 is 3.00 bits per heavy atom. The summed E-state index contributed by atoms with van der Waals surface area (Å²) in [5.74, 6) is 0.557. The molecule has 2 amide bonds. The molecule has 0 saturated carbocycles. The average Bonchev–Trinajstić information content (AvgIpc) is 2.81. The maximum Gasteiger partial charge on any atom is 0.318 e. The Bertz CT molecular complexity index is 386. The number of carbonyl (C=O) groups is 1. The molecule has 1 heterocycles. The first-order valence-electron chi connectivity index (χ1n) is 5.52. The summed E-state index contributed by atoms with van der Waals surface area (Å²) >= 11 is 0. The average molecular weight is 219 g/mol. The zero-order chi connectivity index (χ0) is 11.5. The second kappa shape index (κ2) is 4.53. The second-order valence-corrected chi connectivity index (χ2v) is 4.18. The van der Waals surface area contributed by atoms with Gasteiger partial charge < -0.3 is 11.1 Å². The SMILES string of the molecule is CN(C(N)=O)c1cccc(C2CCNC2)c1. The van der Waals surface area contributed by atoms with Crippen LogP contribution in [0, 0.1) is 0 Å². The number of rotatable bonds is 2. The summed E-state index contributed by atoms with van der Waals surface area (Å²) in [6, 6.07) is 7.60. The van der Waals surface area contributed by atoms with Gasteiger partial charge in [-0.25, -0.2) is 4.79 Å². The Morgan fingerprint density at radius 1 is 1.56 bits per heavy atom. The highest BCUT2D eigenvalue weighted by Gasteiger charge is 2.17. The Hall–Kier alpha value is -1.55. The van der Waals surface area contributed by atoms with Gasteiger partial charge in [-0.1, -0.05) is 12.1 Å². The van der Waals surface area contributed by atoms with Gasteiger partial charge in [-0.15, -0.1) is 0 Å². The summed E-state index contributed by atoms with van der Waals surface area (Å²) in [7, 11) is 1.69. The maximum atomic E-state index is 11.1. The lowest BCUT2D eigenvalue weighted by molar-refractivity contribution is 0.255. The molecule has 86 valence electrons. The monoisotopic (exact) mass is 219 g/mol. The Balaban J connectivity index is 2.21. The van der Waals surface area contributed by atoms with Gasteiger partial charge >= 0.3 is 6.03 Å². The minimum atomic E-state index is -0.429. The smallest absolute Gasteiger partial charge is 0.318 e. The number of hydrogen-bond acceptors (Lipinski definition) is 2. The minimum absolute atomic E-state index is 0.429. The van der Waals surface area contributed by atoms with Crippen LogP contribution in [0.1, 0.15) is 17.9 Å². The van der Waals surface area contributed by atoms with Gasteiger partial charge in [0, 0.05) is 19.3 Å². The highest BCUT2D eigenvalue weighted by atomic mass is 16.2. The number of urea groups is 1. The van der Waals surface area contributed by atoms with Crippen molar-refractivity contribution in [3.8, 4) is 0 Å². The molecule has 4 nitrogen and oxygen atoms in total. The summed E-state index contributed by atoms with van der Waals surface area (Å²) in [6.07, 6.45) is 1.16. The third-order valence-electron chi connectivity index (χ3n) is 3.12. The number of hydrogen-bond donors (Lipinski definition) is 2. The van der Waals surface area contributed by atoms with Crippen LogP contribution in [0.5, 0.6) is 0 Å². The predicted octanol–water partition coefficient (Wildman–Crippen LogP) is 1.28. The lowest BCUT2D eigenvalue weighted by Crippen LogP contribution is -2.31. The molecule has 1 aliphatic rings. The summed E-state index contributed by atoms with van der Waals surface area (Å²) in [4.78, 5) is 12.5. The van der Waals surface area contributed by atoms with Crippen molar-refractivity contribution in [1.82, 2.24) is 5.32 Å². The van der Waals surface area contributed by atoms with E-state index in [0.29, 0.717) is 5.92 Å². The van der Waals surface area contributed by atoms with Gasteiger partial charge in [0.2, 0.25) is 0 Å². The molecule has 1 saturated heterocycles. The number of benzene rings is 1. The van der Waals surface area contributed by atoms with Crippen LogP contribution in [0.15, 0.2) is 24.3 Å². The normalized spacial score (nSPS) is 19.7. The van der Waals surface area contributed by atoms with Crippen LogP contribution in [0.25, 0.3) is 0 Å².